The summed E-state index contributed by atoms with van der Waals surface area (Å²) in [5.74, 6) is 0. The second-order valence-corrected chi connectivity index (χ2v) is 4.58. The SMILES string of the molecule is CN(Sc1ccc2ccccc2c1)C(=O)O. The zero-order valence-electron chi connectivity index (χ0n) is 8.75. The van der Waals surface area contributed by atoms with Gasteiger partial charge in [-0.2, -0.15) is 0 Å². The molecule has 1 N–H and O–H groups in total. The van der Waals surface area contributed by atoms with Crippen LogP contribution in [0.15, 0.2) is 47.4 Å². The predicted octanol–water partition coefficient (Wildman–Crippen LogP) is 3.46. The summed E-state index contributed by atoms with van der Waals surface area (Å²) in [5, 5.41) is 11.0. The second-order valence-electron chi connectivity index (χ2n) is 3.38. The fourth-order valence-electron chi connectivity index (χ4n) is 1.42. The minimum atomic E-state index is -0.946. The molecule has 0 atom stereocenters. The van der Waals surface area contributed by atoms with Gasteiger partial charge in [-0.05, 0) is 34.9 Å². The molecule has 3 nitrogen and oxygen atoms in total. The van der Waals surface area contributed by atoms with Crippen LogP contribution in [0, 0.1) is 0 Å². The lowest BCUT2D eigenvalue weighted by Crippen LogP contribution is -2.15. The van der Waals surface area contributed by atoms with Gasteiger partial charge >= 0.3 is 6.09 Å². The molecule has 82 valence electrons. The molecule has 0 radical (unpaired) electrons. The van der Waals surface area contributed by atoms with Gasteiger partial charge in [0.1, 0.15) is 0 Å². The van der Waals surface area contributed by atoms with E-state index in [-0.39, 0.29) is 0 Å². The van der Waals surface area contributed by atoms with Gasteiger partial charge in [-0.15, -0.1) is 0 Å². The van der Waals surface area contributed by atoms with Crippen LogP contribution in [-0.4, -0.2) is 22.6 Å². The van der Waals surface area contributed by atoms with Gasteiger partial charge in [-0.1, -0.05) is 30.3 Å². The molecule has 0 aliphatic rings. The molecule has 0 fully saturated rings. The number of fused-ring (bicyclic) bond motifs is 1. The fourth-order valence-corrected chi connectivity index (χ4v) is 2.12. The van der Waals surface area contributed by atoms with Crippen molar-refractivity contribution >= 4 is 28.8 Å². The molecule has 16 heavy (non-hydrogen) atoms. The molecule has 0 bridgehead atoms. The summed E-state index contributed by atoms with van der Waals surface area (Å²) < 4.78 is 1.18. The topological polar surface area (TPSA) is 40.5 Å². The van der Waals surface area contributed by atoms with Gasteiger partial charge in [0.15, 0.2) is 0 Å². The summed E-state index contributed by atoms with van der Waals surface area (Å²) in [6.07, 6.45) is -0.946. The van der Waals surface area contributed by atoms with Crippen LogP contribution in [0.2, 0.25) is 0 Å². The highest BCUT2D eigenvalue weighted by Crippen LogP contribution is 2.25. The number of hydrogen-bond acceptors (Lipinski definition) is 2. The lowest BCUT2D eigenvalue weighted by atomic mass is 10.1. The Bertz CT molecular complexity index is 527. The minimum absolute atomic E-state index is 0.920. The van der Waals surface area contributed by atoms with Gasteiger partial charge < -0.3 is 5.11 Å². The molecule has 0 heterocycles. The van der Waals surface area contributed by atoms with E-state index in [0.29, 0.717) is 0 Å². The molecule has 0 aliphatic heterocycles. The first kappa shape index (κ1) is 10.8. The van der Waals surface area contributed by atoms with Gasteiger partial charge in [0.05, 0.1) is 0 Å². The van der Waals surface area contributed by atoms with Crippen molar-refractivity contribution in [1.82, 2.24) is 4.31 Å². The number of nitrogens with zero attached hydrogens (tertiary/aromatic N) is 1. The molecule has 0 saturated carbocycles. The Hall–Kier alpha value is -1.68. The smallest absolute Gasteiger partial charge is 0.417 e. The van der Waals surface area contributed by atoms with Gasteiger partial charge in [0.2, 0.25) is 0 Å². The molecular weight excluding hydrogens is 222 g/mol. The van der Waals surface area contributed by atoms with Crippen LogP contribution in [0.3, 0.4) is 0 Å². The number of benzene rings is 2. The number of rotatable bonds is 2. The van der Waals surface area contributed by atoms with E-state index >= 15 is 0 Å². The molecule has 4 heteroatoms. The second kappa shape index (κ2) is 4.45. The van der Waals surface area contributed by atoms with E-state index in [1.54, 1.807) is 0 Å². The molecule has 2 aromatic carbocycles. The van der Waals surface area contributed by atoms with Crippen LogP contribution in [0.1, 0.15) is 0 Å². The third-order valence-corrected chi connectivity index (χ3v) is 3.13. The van der Waals surface area contributed by atoms with Crippen LogP contribution in [0.25, 0.3) is 10.8 Å². The van der Waals surface area contributed by atoms with Crippen molar-refractivity contribution in [2.45, 2.75) is 4.90 Å². The van der Waals surface area contributed by atoms with Crippen molar-refractivity contribution < 1.29 is 9.90 Å². The van der Waals surface area contributed by atoms with Gasteiger partial charge in [-0.3, -0.25) is 4.31 Å². The molecule has 0 aromatic heterocycles. The summed E-state index contributed by atoms with van der Waals surface area (Å²) in [6.45, 7) is 0. The molecule has 0 aliphatic carbocycles. The zero-order valence-corrected chi connectivity index (χ0v) is 9.57. The maximum absolute atomic E-state index is 10.7. The van der Waals surface area contributed by atoms with Gasteiger partial charge in [0, 0.05) is 11.9 Å². The molecular formula is C12H11NO2S. The third-order valence-electron chi connectivity index (χ3n) is 2.23. The van der Waals surface area contributed by atoms with Crippen LogP contribution in [-0.2, 0) is 0 Å². The Morgan fingerprint density at radius 3 is 2.56 bits per heavy atom. The number of hydrogen-bond donors (Lipinski definition) is 1. The highest BCUT2D eigenvalue weighted by Gasteiger charge is 2.07. The van der Waals surface area contributed by atoms with Crippen molar-refractivity contribution in [1.29, 1.82) is 0 Å². The lowest BCUT2D eigenvalue weighted by molar-refractivity contribution is 0.181. The summed E-state index contributed by atoms with van der Waals surface area (Å²) >= 11 is 1.20. The summed E-state index contributed by atoms with van der Waals surface area (Å²) in [6, 6.07) is 13.9. The maximum Gasteiger partial charge on any atom is 0.417 e. The first-order chi connectivity index (χ1) is 7.66. The third kappa shape index (κ3) is 2.28. The lowest BCUT2D eigenvalue weighted by Gasteiger charge is -2.11. The van der Waals surface area contributed by atoms with Gasteiger partial charge in [0.25, 0.3) is 0 Å². The van der Waals surface area contributed by atoms with Gasteiger partial charge in [-0.25, -0.2) is 4.79 Å². The highest BCUT2D eigenvalue weighted by atomic mass is 32.2. The highest BCUT2D eigenvalue weighted by molar-refractivity contribution is 7.97. The maximum atomic E-state index is 10.7. The van der Waals surface area contributed by atoms with Crippen LogP contribution in [0.5, 0.6) is 0 Å². The van der Waals surface area contributed by atoms with Crippen LogP contribution < -0.4 is 0 Å². The zero-order chi connectivity index (χ0) is 11.5. The Balaban J connectivity index is 2.29. The van der Waals surface area contributed by atoms with Crippen LogP contribution >= 0.6 is 11.9 Å². The quantitative estimate of drug-likeness (QED) is 0.807. The van der Waals surface area contributed by atoms with E-state index in [1.807, 2.05) is 42.5 Å². The molecule has 0 spiro atoms. The minimum Gasteiger partial charge on any atom is -0.464 e. The predicted molar refractivity (Wildman–Crippen MR) is 65.6 cm³/mol. The van der Waals surface area contributed by atoms with E-state index < -0.39 is 6.09 Å². The molecule has 0 saturated heterocycles. The average Bonchev–Trinajstić information content (AvgIpc) is 2.28. The van der Waals surface area contributed by atoms with Crippen molar-refractivity contribution in [3.05, 3.63) is 42.5 Å². The van der Waals surface area contributed by atoms with Crippen molar-refractivity contribution in [3.63, 3.8) is 0 Å². The largest absolute Gasteiger partial charge is 0.464 e. The Labute approximate surface area is 97.8 Å². The summed E-state index contributed by atoms with van der Waals surface area (Å²) in [7, 11) is 1.53. The molecule has 1 amide bonds. The Morgan fingerprint density at radius 1 is 1.19 bits per heavy atom. The van der Waals surface area contributed by atoms with E-state index in [2.05, 4.69) is 0 Å². The van der Waals surface area contributed by atoms with E-state index in [4.69, 9.17) is 5.11 Å². The van der Waals surface area contributed by atoms with Crippen molar-refractivity contribution in [3.8, 4) is 0 Å². The molecule has 0 unspecified atom stereocenters. The van der Waals surface area contributed by atoms with E-state index in [1.165, 1.54) is 23.3 Å². The van der Waals surface area contributed by atoms with Crippen molar-refractivity contribution in [2.75, 3.05) is 7.05 Å². The standard InChI is InChI=1S/C12H11NO2S/c1-13(12(14)15)16-11-7-6-9-4-2-3-5-10(9)8-11/h2-8H,1H3,(H,14,15). The van der Waals surface area contributed by atoms with Crippen LogP contribution in [0.4, 0.5) is 4.79 Å². The fraction of sp³-hybridized carbons (Fsp3) is 0.0833. The van der Waals surface area contributed by atoms with Crippen molar-refractivity contribution in [2.24, 2.45) is 0 Å². The monoisotopic (exact) mass is 233 g/mol. The number of carboxylic acid groups (broad SMARTS) is 1. The summed E-state index contributed by atoms with van der Waals surface area (Å²) in [5.41, 5.74) is 0. The number of carbonyl (C=O) groups is 1. The molecule has 2 rings (SSSR count). The normalized spacial score (nSPS) is 10.3. The molecule has 2 aromatic rings. The first-order valence-corrected chi connectivity index (χ1v) is 5.57. The first-order valence-electron chi connectivity index (χ1n) is 4.80. The average molecular weight is 233 g/mol. The Morgan fingerprint density at radius 2 is 1.88 bits per heavy atom. The summed E-state index contributed by atoms with van der Waals surface area (Å²) in [4.78, 5) is 11.6. The number of amides is 1. The van der Waals surface area contributed by atoms with E-state index in [9.17, 15) is 4.79 Å². The Kier molecular flexibility index (Phi) is 3.01. The van der Waals surface area contributed by atoms with E-state index in [0.717, 1.165) is 15.7 Å².